The fraction of sp³-hybridized carbons (Fsp3) is 0.667. The standard InChI is InChI=1S/C9H13F3N4O2S/c1-5(3-18-4-9(10,11)12)13-7(17)14-8-16-15-6(2)19-8/h5H,3-4H2,1-2H3,(H2,13,14,16,17)/t5-/m1/s1. The molecule has 6 nitrogen and oxygen atoms in total. The van der Waals surface area contributed by atoms with Gasteiger partial charge in [0.05, 0.1) is 12.6 Å². The van der Waals surface area contributed by atoms with Crippen molar-refractivity contribution in [2.24, 2.45) is 0 Å². The summed E-state index contributed by atoms with van der Waals surface area (Å²) in [4.78, 5) is 11.4. The van der Waals surface area contributed by atoms with E-state index in [1.165, 1.54) is 18.3 Å². The Hall–Kier alpha value is -1.42. The van der Waals surface area contributed by atoms with Crippen molar-refractivity contribution in [3.05, 3.63) is 5.01 Å². The van der Waals surface area contributed by atoms with Crippen molar-refractivity contribution >= 4 is 22.5 Å². The number of amides is 2. The van der Waals surface area contributed by atoms with Crippen molar-refractivity contribution in [2.45, 2.75) is 26.1 Å². The van der Waals surface area contributed by atoms with Crippen molar-refractivity contribution in [1.82, 2.24) is 15.5 Å². The Morgan fingerprint density at radius 2 is 2.16 bits per heavy atom. The molecule has 0 spiro atoms. The molecule has 108 valence electrons. The Balaban J connectivity index is 2.24. The van der Waals surface area contributed by atoms with Crippen molar-refractivity contribution in [3.63, 3.8) is 0 Å². The van der Waals surface area contributed by atoms with Crippen LogP contribution in [0.15, 0.2) is 0 Å². The van der Waals surface area contributed by atoms with E-state index in [4.69, 9.17) is 0 Å². The number of carbonyl (C=O) groups is 1. The summed E-state index contributed by atoms with van der Waals surface area (Å²) >= 11 is 1.19. The smallest absolute Gasteiger partial charge is 0.370 e. The second kappa shape index (κ2) is 6.66. The SMILES string of the molecule is Cc1nnc(NC(=O)N[C@H](C)COCC(F)(F)F)s1. The van der Waals surface area contributed by atoms with Gasteiger partial charge in [0.25, 0.3) is 0 Å². The molecule has 0 saturated carbocycles. The average Bonchev–Trinajstić information content (AvgIpc) is 2.61. The van der Waals surface area contributed by atoms with Crippen LogP contribution >= 0.6 is 11.3 Å². The van der Waals surface area contributed by atoms with E-state index in [0.29, 0.717) is 10.1 Å². The van der Waals surface area contributed by atoms with Gasteiger partial charge < -0.3 is 10.1 Å². The van der Waals surface area contributed by atoms with E-state index in [1.807, 2.05) is 0 Å². The molecule has 2 N–H and O–H groups in total. The minimum Gasteiger partial charge on any atom is -0.370 e. The Labute approximate surface area is 111 Å². The molecular weight excluding hydrogens is 285 g/mol. The van der Waals surface area contributed by atoms with Gasteiger partial charge in [0.1, 0.15) is 11.6 Å². The van der Waals surface area contributed by atoms with E-state index in [2.05, 4.69) is 25.6 Å². The van der Waals surface area contributed by atoms with E-state index >= 15 is 0 Å². The zero-order chi connectivity index (χ0) is 14.5. The van der Waals surface area contributed by atoms with Crippen LogP contribution in [0.5, 0.6) is 0 Å². The minimum atomic E-state index is -4.37. The first-order chi connectivity index (χ1) is 8.76. The van der Waals surface area contributed by atoms with E-state index in [9.17, 15) is 18.0 Å². The average molecular weight is 298 g/mol. The van der Waals surface area contributed by atoms with Gasteiger partial charge in [-0.2, -0.15) is 13.2 Å². The number of ether oxygens (including phenoxy) is 1. The number of hydrogen-bond acceptors (Lipinski definition) is 5. The first kappa shape index (κ1) is 15.6. The molecule has 1 heterocycles. The molecule has 2 amide bonds. The van der Waals surface area contributed by atoms with Gasteiger partial charge in [0.15, 0.2) is 0 Å². The Morgan fingerprint density at radius 3 is 2.68 bits per heavy atom. The summed E-state index contributed by atoms with van der Waals surface area (Å²) < 4.78 is 39.9. The van der Waals surface area contributed by atoms with Crippen LogP contribution in [-0.2, 0) is 4.74 Å². The Kier molecular flexibility index (Phi) is 5.48. The van der Waals surface area contributed by atoms with Crippen molar-refractivity contribution < 1.29 is 22.7 Å². The number of nitrogens with zero attached hydrogens (tertiary/aromatic N) is 2. The quantitative estimate of drug-likeness (QED) is 0.871. The summed E-state index contributed by atoms with van der Waals surface area (Å²) in [5.41, 5.74) is 0. The number of aryl methyl sites for hydroxylation is 1. The van der Waals surface area contributed by atoms with Gasteiger partial charge in [-0.1, -0.05) is 11.3 Å². The van der Waals surface area contributed by atoms with Gasteiger partial charge >= 0.3 is 12.2 Å². The second-order valence-corrected chi connectivity index (χ2v) is 4.94. The highest BCUT2D eigenvalue weighted by Crippen LogP contribution is 2.14. The summed E-state index contributed by atoms with van der Waals surface area (Å²) in [6.45, 7) is 1.69. The van der Waals surface area contributed by atoms with Gasteiger partial charge in [0, 0.05) is 0 Å². The van der Waals surface area contributed by atoms with E-state index in [-0.39, 0.29) is 6.61 Å². The third-order valence-electron chi connectivity index (χ3n) is 1.76. The summed E-state index contributed by atoms with van der Waals surface area (Å²) in [5.74, 6) is 0. The number of urea groups is 1. The molecular formula is C9H13F3N4O2S. The maximum Gasteiger partial charge on any atom is 0.411 e. The molecule has 0 aliphatic heterocycles. The van der Waals surface area contributed by atoms with Crippen LogP contribution in [0.2, 0.25) is 0 Å². The van der Waals surface area contributed by atoms with Crippen LogP contribution in [0, 0.1) is 6.92 Å². The highest BCUT2D eigenvalue weighted by Gasteiger charge is 2.27. The van der Waals surface area contributed by atoms with Gasteiger partial charge in [-0.3, -0.25) is 5.32 Å². The van der Waals surface area contributed by atoms with Gasteiger partial charge in [-0.25, -0.2) is 4.79 Å². The van der Waals surface area contributed by atoms with Crippen LogP contribution in [0.25, 0.3) is 0 Å². The monoisotopic (exact) mass is 298 g/mol. The van der Waals surface area contributed by atoms with Crippen LogP contribution in [0.1, 0.15) is 11.9 Å². The lowest BCUT2D eigenvalue weighted by Gasteiger charge is -2.14. The van der Waals surface area contributed by atoms with E-state index in [1.54, 1.807) is 6.92 Å². The number of carbonyl (C=O) groups excluding carboxylic acids is 1. The highest BCUT2D eigenvalue weighted by molar-refractivity contribution is 7.15. The first-order valence-corrected chi connectivity index (χ1v) is 6.10. The molecule has 1 rings (SSSR count). The summed E-state index contributed by atoms with van der Waals surface area (Å²) in [6, 6.07) is -1.13. The third-order valence-corrected chi connectivity index (χ3v) is 2.51. The first-order valence-electron chi connectivity index (χ1n) is 5.28. The van der Waals surface area contributed by atoms with E-state index in [0.717, 1.165) is 0 Å². The molecule has 1 aromatic rings. The lowest BCUT2D eigenvalue weighted by molar-refractivity contribution is -0.174. The van der Waals surface area contributed by atoms with Gasteiger partial charge in [-0.05, 0) is 13.8 Å². The molecule has 0 bridgehead atoms. The largest absolute Gasteiger partial charge is 0.411 e. The molecule has 0 radical (unpaired) electrons. The molecule has 0 fully saturated rings. The second-order valence-electron chi connectivity index (χ2n) is 3.76. The molecule has 1 aromatic heterocycles. The highest BCUT2D eigenvalue weighted by atomic mass is 32.1. The van der Waals surface area contributed by atoms with Gasteiger partial charge in [0.2, 0.25) is 5.13 Å². The predicted octanol–water partition coefficient (Wildman–Crippen LogP) is 1.94. The van der Waals surface area contributed by atoms with Gasteiger partial charge in [-0.15, -0.1) is 10.2 Å². The molecule has 0 aromatic carbocycles. The fourth-order valence-electron chi connectivity index (χ4n) is 1.10. The topological polar surface area (TPSA) is 76.1 Å². The molecule has 1 atom stereocenters. The predicted molar refractivity (Wildman–Crippen MR) is 63.1 cm³/mol. The molecule has 10 heteroatoms. The number of rotatable bonds is 5. The normalized spacial score (nSPS) is 13.1. The number of anilines is 1. The molecule has 0 saturated heterocycles. The number of nitrogens with one attached hydrogen (secondary N) is 2. The lowest BCUT2D eigenvalue weighted by Crippen LogP contribution is -2.39. The number of aromatic nitrogens is 2. The minimum absolute atomic E-state index is 0.234. The Bertz CT molecular complexity index is 424. The van der Waals surface area contributed by atoms with Crippen molar-refractivity contribution in [3.8, 4) is 0 Å². The molecule has 19 heavy (non-hydrogen) atoms. The van der Waals surface area contributed by atoms with Crippen molar-refractivity contribution in [1.29, 1.82) is 0 Å². The number of halogens is 3. The zero-order valence-electron chi connectivity index (χ0n) is 10.2. The fourth-order valence-corrected chi connectivity index (χ4v) is 1.68. The molecule has 0 unspecified atom stereocenters. The molecule has 0 aliphatic rings. The van der Waals surface area contributed by atoms with Crippen LogP contribution < -0.4 is 10.6 Å². The molecule has 0 aliphatic carbocycles. The zero-order valence-corrected chi connectivity index (χ0v) is 11.1. The number of hydrogen-bond donors (Lipinski definition) is 2. The van der Waals surface area contributed by atoms with Crippen LogP contribution in [0.4, 0.5) is 23.1 Å². The number of alkyl halides is 3. The maximum atomic E-state index is 11.8. The van der Waals surface area contributed by atoms with Crippen molar-refractivity contribution in [2.75, 3.05) is 18.5 Å². The van der Waals surface area contributed by atoms with Crippen LogP contribution in [0.3, 0.4) is 0 Å². The summed E-state index contributed by atoms with van der Waals surface area (Å²) in [5, 5.41) is 13.2. The Morgan fingerprint density at radius 1 is 1.47 bits per heavy atom. The lowest BCUT2D eigenvalue weighted by atomic mass is 10.4. The van der Waals surface area contributed by atoms with E-state index < -0.39 is 24.9 Å². The maximum absolute atomic E-state index is 11.8. The summed E-state index contributed by atoms with van der Waals surface area (Å²) in [6.07, 6.45) is -4.37. The van der Waals surface area contributed by atoms with Crippen LogP contribution in [-0.4, -0.2) is 41.7 Å². The summed E-state index contributed by atoms with van der Waals surface area (Å²) in [7, 11) is 0. The third kappa shape index (κ3) is 6.91.